The van der Waals surface area contributed by atoms with Gasteiger partial charge in [0.25, 0.3) is 0 Å². The number of amides is 1. The van der Waals surface area contributed by atoms with Crippen molar-refractivity contribution in [2.45, 2.75) is 77.0 Å². The van der Waals surface area contributed by atoms with E-state index in [0.29, 0.717) is 6.42 Å². The smallest absolute Gasteiger partial charge is 0.394 e. The number of rotatable bonds is 19. The highest BCUT2D eigenvalue weighted by Gasteiger charge is 2.45. The van der Waals surface area contributed by atoms with Crippen molar-refractivity contribution in [3.05, 3.63) is 0 Å². The highest BCUT2D eigenvalue weighted by atomic mass is 31.2. The third-order valence-electron chi connectivity index (χ3n) is 4.89. The molecule has 0 saturated carbocycles. The number of carbonyl (C=O) groups excluding carboxylic acids is 1. The van der Waals surface area contributed by atoms with Gasteiger partial charge in [0.2, 0.25) is 5.91 Å². The van der Waals surface area contributed by atoms with Gasteiger partial charge in [0.05, 0.1) is 65.1 Å². The molecule has 1 aliphatic heterocycles. The van der Waals surface area contributed by atoms with Crippen molar-refractivity contribution in [2.75, 3.05) is 52.9 Å². The van der Waals surface area contributed by atoms with E-state index in [1.165, 1.54) is 6.92 Å². The number of hydrogen-bond acceptors (Lipinski definition) is 12. The quantitative estimate of drug-likeness (QED) is 0.101. The Bertz CT molecular complexity index is 655. The van der Waals surface area contributed by atoms with Gasteiger partial charge in [-0.1, -0.05) is 6.92 Å². The highest BCUT2D eigenvalue weighted by molar-refractivity contribution is 7.47. The summed E-state index contributed by atoms with van der Waals surface area (Å²) in [6, 6.07) is -1.01. The minimum absolute atomic E-state index is 0.0679. The van der Waals surface area contributed by atoms with Crippen molar-refractivity contribution in [3.8, 4) is 0 Å². The van der Waals surface area contributed by atoms with Crippen molar-refractivity contribution in [1.29, 1.82) is 0 Å². The summed E-state index contributed by atoms with van der Waals surface area (Å²) in [6.07, 6.45) is -5.43. The molecular formula is C21H42NO13P. The first-order chi connectivity index (χ1) is 17.0. The Morgan fingerprint density at radius 2 is 1.58 bits per heavy atom. The van der Waals surface area contributed by atoms with E-state index in [-0.39, 0.29) is 46.2 Å². The lowest BCUT2D eigenvalue weighted by Gasteiger charge is -2.42. The second-order valence-corrected chi connectivity index (χ2v) is 9.72. The molecule has 7 atom stereocenters. The van der Waals surface area contributed by atoms with Gasteiger partial charge in [-0.05, 0) is 20.3 Å². The molecule has 36 heavy (non-hydrogen) atoms. The summed E-state index contributed by atoms with van der Waals surface area (Å²) in [5, 5.41) is 32.0. The molecule has 0 aromatic carbocycles. The van der Waals surface area contributed by atoms with Crippen LogP contribution in [0.1, 0.15) is 34.1 Å². The molecule has 0 aromatic rings. The van der Waals surface area contributed by atoms with Crippen molar-refractivity contribution in [3.63, 3.8) is 0 Å². The molecule has 0 aromatic heterocycles. The van der Waals surface area contributed by atoms with Crippen LogP contribution in [0.2, 0.25) is 0 Å². The van der Waals surface area contributed by atoms with E-state index < -0.39 is 63.2 Å². The summed E-state index contributed by atoms with van der Waals surface area (Å²) in [5.41, 5.74) is 0. The fourth-order valence-electron chi connectivity index (χ4n) is 3.19. The summed E-state index contributed by atoms with van der Waals surface area (Å²) in [6.45, 7) is 7.26. The molecule has 214 valence electrons. The number of phosphoric ester groups is 1. The second kappa shape index (κ2) is 17.7. The summed E-state index contributed by atoms with van der Waals surface area (Å²) < 4.78 is 49.0. The molecule has 0 spiro atoms. The molecule has 0 aliphatic carbocycles. The van der Waals surface area contributed by atoms with Crippen LogP contribution in [0.15, 0.2) is 0 Å². The van der Waals surface area contributed by atoms with E-state index in [9.17, 15) is 29.6 Å². The van der Waals surface area contributed by atoms with Gasteiger partial charge in [0.15, 0.2) is 6.29 Å². The third kappa shape index (κ3) is 13.2. The second-order valence-electron chi connectivity index (χ2n) is 8.36. The third-order valence-corrected chi connectivity index (χ3v) is 6.14. The van der Waals surface area contributed by atoms with Crippen LogP contribution in [0.4, 0.5) is 0 Å². The summed E-state index contributed by atoms with van der Waals surface area (Å²) in [4.78, 5) is 21.1. The molecule has 1 amide bonds. The van der Waals surface area contributed by atoms with Crippen LogP contribution in [0.5, 0.6) is 0 Å². The summed E-state index contributed by atoms with van der Waals surface area (Å²) in [5.74, 6) is -0.436. The minimum atomic E-state index is -4.13. The van der Waals surface area contributed by atoms with Gasteiger partial charge >= 0.3 is 7.82 Å². The number of ether oxygens (including phenoxy) is 5. The first-order valence-electron chi connectivity index (χ1n) is 11.9. The monoisotopic (exact) mass is 547 g/mol. The Balaban J connectivity index is 2.16. The number of nitrogens with one attached hydrogen (secondary N) is 1. The highest BCUT2D eigenvalue weighted by Crippen LogP contribution is 2.46. The van der Waals surface area contributed by atoms with E-state index in [1.54, 1.807) is 20.8 Å². The van der Waals surface area contributed by atoms with Gasteiger partial charge in [0.1, 0.15) is 24.4 Å². The van der Waals surface area contributed by atoms with Gasteiger partial charge in [-0.2, -0.15) is 0 Å². The number of hydrogen-bond donors (Lipinski definition) is 5. The Kier molecular flexibility index (Phi) is 16.4. The van der Waals surface area contributed by atoms with Gasteiger partial charge in [-0.3, -0.25) is 13.8 Å². The van der Waals surface area contributed by atoms with Gasteiger partial charge in [-0.25, -0.2) is 4.57 Å². The lowest BCUT2D eigenvalue weighted by molar-refractivity contribution is -0.272. The average Bonchev–Trinajstić information content (AvgIpc) is 2.79. The fraction of sp³-hybridized carbons (Fsp3) is 0.952. The van der Waals surface area contributed by atoms with Crippen molar-refractivity contribution in [2.24, 2.45) is 0 Å². The molecule has 1 saturated heterocycles. The van der Waals surface area contributed by atoms with Crippen LogP contribution in [-0.2, 0) is 42.1 Å². The zero-order chi connectivity index (χ0) is 27.1. The van der Waals surface area contributed by atoms with Crippen LogP contribution in [0.25, 0.3) is 0 Å². The standard InChI is InChI=1S/C21H42NO13P/c1-5-16(35-36(27,28)34-14(2)3)13-31-9-8-29-6-7-30-10-11-32-21-18(22-15(4)24)20(26)19(25)17(12-23)33-21/h14,16-21,23,25-26H,5-13H2,1-4H3,(H,22,24)(H,27,28)/t16-,17+,18+,19-,20+,21+/m0/s1. The number of phosphoric acid groups is 1. The lowest BCUT2D eigenvalue weighted by atomic mass is 9.97. The Morgan fingerprint density at radius 1 is 1.00 bits per heavy atom. The van der Waals surface area contributed by atoms with Crippen LogP contribution in [0, 0.1) is 0 Å². The van der Waals surface area contributed by atoms with E-state index in [1.807, 2.05) is 0 Å². The van der Waals surface area contributed by atoms with E-state index in [4.69, 9.17) is 32.7 Å². The summed E-state index contributed by atoms with van der Waals surface area (Å²) >= 11 is 0. The Morgan fingerprint density at radius 3 is 2.11 bits per heavy atom. The molecule has 15 heteroatoms. The SMILES string of the molecule is CC[C@@H](COCCOCCOCCO[C@@H]1O[C@H](CO)[C@H](O)[C@H](O)[C@H]1NC(C)=O)OP(=O)(O)OC(C)C. The van der Waals surface area contributed by atoms with E-state index in [0.717, 1.165) is 0 Å². The maximum absolute atomic E-state index is 11.8. The molecule has 1 heterocycles. The van der Waals surface area contributed by atoms with Crippen LogP contribution >= 0.6 is 7.82 Å². The molecule has 0 radical (unpaired) electrons. The number of aliphatic hydroxyl groups excluding tert-OH is 3. The van der Waals surface area contributed by atoms with Gasteiger partial charge in [-0.15, -0.1) is 0 Å². The zero-order valence-electron chi connectivity index (χ0n) is 21.3. The number of carbonyl (C=O) groups is 1. The topological polar surface area (TPSA) is 192 Å². The maximum atomic E-state index is 11.8. The average molecular weight is 548 g/mol. The molecule has 1 aliphatic rings. The van der Waals surface area contributed by atoms with E-state index >= 15 is 0 Å². The number of aliphatic hydroxyl groups is 3. The molecular weight excluding hydrogens is 505 g/mol. The molecule has 1 rings (SSSR count). The Hall–Kier alpha value is -0.740. The summed E-state index contributed by atoms with van der Waals surface area (Å²) in [7, 11) is -4.13. The molecule has 1 fully saturated rings. The van der Waals surface area contributed by atoms with E-state index in [2.05, 4.69) is 5.32 Å². The normalized spacial score (nSPS) is 27.1. The maximum Gasteiger partial charge on any atom is 0.472 e. The lowest BCUT2D eigenvalue weighted by Crippen LogP contribution is -2.64. The zero-order valence-corrected chi connectivity index (χ0v) is 22.2. The predicted octanol–water partition coefficient (Wildman–Crippen LogP) is -0.683. The van der Waals surface area contributed by atoms with Gasteiger partial charge < -0.3 is 49.2 Å². The minimum Gasteiger partial charge on any atom is -0.394 e. The van der Waals surface area contributed by atoms with Crippen LogP contribution in [0.3, 0.4) is 0 Å². The largest absolute Gasteiger partial charge is 0.472 e. The van der Waals surface area contributed by atoms with Crippen LogP contribution in [-0.4, -0.2) is 122 Å². The molecule has 0 bridgehead atoms. The predicted molar refractivity (Wildman–Crippen MR) is 125 cm³/mol. The Labute approximate surface area is 211 Å². The molecule has 14 nitrogen and oxygen atoms in total. The fourth-order valence-corrected chi connectivity index (χ4v) is 4.36. The molecule has 5 N–H and O–H groups in total. The first-order valence-corrected chi connectivity index (χ1v) is 13.4. The van der Waals surface area contributed by atoms with Gasteiger partial charge in [0, 0.05) is 6.92 Å². The van der Waals surface area contributed by atoms with Crippen molar-refractivity contribution < 1.29 is 62.3 Å². The first kappa shape index (κ1) is 33.3. The van der Waals surface area contributed by atoms with Crippen molar-refractivity contribution >= 4 is 13.7 Å². The van der Waals surface area contributed by atoms with Crippen LogP contribution < -0.4 is 5.32 Å². The van der Waals surface area contributed by atoms with Crippen molar-refractivity contribution in [1.82, 2.24) is 5.32 Å². The molecule has 1 unspecified atom stereocenters.